The zero-order chi connectivity index (χ0) is 18.0. The van der Waals surface area contributed by atoms with Gasteiger partial charge in [-0.3, -0.25) is 9.35 Å². The molecule has 2 aromatic carbocycles. The number of nitrogens with one attached hydrogen (secondary N) is 1. The molecule has 0 radical (unpaired) electrons. The maximum atomic E-state index is 10.7. The van der Waals surface area contributed by atoms with Crippen LogP contribution in [0.4, 0.5) is 0 Å². The van der Waals surface area contributed by atoms with E-state index in [0.717, 1.165) is 11.1 Å². The predicted octanol–water partition coefficient (Wildman–Crippen LogP) is 2.19. The predicted molar refractivity (Wildman–Crippen MR) is 91.2 cm³/mol. The first-order valence-corrected chi connectivity index (χ1v) is 8.62. The lowest BCUT2D eigenvalue weighted by atomic mass is 10.2. The number of benzene rings is 2. The average molecular weight is 351 g/mol. The number of aryl methyl sites for hydroxylation is 1. The van der Waals surface area contributed by atoms with E-state index >= 15 is 0 Å². The third-order valence-electron chi connectivity index (χ3n) is 2.99. The van der Waals surface area contributed by atoms with Crippen LogP contribution in [0.25, 0.3) is 0 Å². The summed E-state index contributed by atoms with van der Waals surface area (Å²) >= 11 is 0. The van der Waals surface area contributed by atoms with E-state index in [1.54, 1.807) is 12.1 Å². The molecule has 0 aliphatic heterocycles. The number of carbonyl (C=O) groups excluding carboxylic acids is 1. The van der Waals surface area contributed by atoms with Crippen molar-refractivity contribution in [3.05, 3.63) is 65.7 Å². The van der Waals surface area contributed by atoms with E-state index in [1.807, 2.05) is 37.3 Å². The van der Waals surface area contributed by atoms with Crippen LogP contribution in [-0.2, 0) is 26.2 Å². The summed E-state index contributed by atoms with van der Waals surface area (Å²) < 4.78 is 34.0. The fourth-order valence-corrected chi connectivity index (χ4v) is 2.17. The van der Waals surface area contributed by atoms with Gasteiger partial charge in [0.1, 0.15) is 0 Å². The summed E-state index contributed by atoms with van der Waals surface area (Å²) in [6.07, 6.45) is 0. The van der Waals surface area contributed by atoms with Crippen molar-refractivity contribution in [1.29, 1.82) is 0 Å². The first kappa shape index (κ1) is 19.8. The standard InChI is InChI=1S/C10H13NO2.C7H8O3S/c1-13-10(12)8-11-7-9-5-3-2-4-6-9;1-6-2-4-7(5-3-6)11(8,9)10/h2-6,11H,7-8H2,1H3;2-5H,1H3,(H,8,9,10). The molecule has 0 atom stereocenters. The first-order valence-electron chi connectivity index (χ1n) is 7.18. The van der Waals surface area contributed by atoms with Crippen molar-refractivity contribution in [2.75, 3.05) is 13.7 Å². The molecular weight excluding hydrogens is 330 g/mol. The monoisotopic (exact) mass is 351 g/mol. The highest BCUT2D eigenvalue weighted by Crippen LogP contribution is 2.08. The van der Waals surface area contributed by atoms with Gasteiger partial charge in [-0.05, 0) is 24.6 Å². The summed E-state index contributed by atoms with van der Waals surface area (Å²) in [6, 6.07) is 15.9. The molecule has 0 aliphatic rings. The van der Waals surface area contributed by atoms with E-state index < -0.39 is 10.1 Å². The molecule has 0 aromatic heterocycles. The van der Waals surface area contributed by atoms with Crippen LogP contribution >= 0.6 is 0 Å². The van der Waals surface area contributed by atoms with Crippen LogP contribution in [0.15, 0.2) is 59.5 Å². The van der Waals surface area contributed by atoms with Crippen LogP contribution in [0.3, 0.4) is 0 Å². The Morgan fingerprint density at radius 2 is 1.67 bits per heavy atom. The van der Waals surface area contributed by atoms with Crippen LogP contribution in [0.2, 0.25) is 0 Å². The van der Waals surface area contributed by atoms with E-state index in [4.69, 9.17) is 4.55 Å². The zero-order valence-corrected chi connectivity index (χ0v) is 14.4. The van der Waals surface area contributed by atoms with Gasteiger partial charge in [-0.1, -0.05) is 48.0 Å². The summed E-state index contributed by atoms with van der Waals surface area (Å²) in [7, 11) is -2.64. The summed E-state index contributed by atoms with van der Waals surface area (Å²) in [4.78, 5) is 10.7. The molecule has 6 nitrogen and oxygen atoms in total. The lowest BCUT2D eigenvalue weighted by molar-refractivity contribution is -0.139. The maximum Gasteiger partial charge on any atom is 0.319 e. The Bertz CT molecular complexity index is 727. The minimum atomic E-state index is -4.02. The van der Waals surface area contributed by atoms with Gasteiger partial charge in [0.15, 0.2) is 0 Å². The van der Waals surface area contributed by atoms with Crippen LogP contribution in [0, 0.1) is 6.92 Å². The molecule has 0 saturated carbocycles. The number of esters is 1. The quantitative estimate of drug-likeness (QED) is 0.634. The van der Waals surface area contributed by atoms with E-state index in [0.29, 0.717) is 6.54 Å². The van der Waals surface area contributed by atoms with Gasteiger partial charge < -0.3 is 10.1 Å². The molecule has 2 N–H and O–H groups in total. The molecule has 0 aliphatic carbocycles. The smallest absolute Gasteiger partial charge is 0.319 e. The van der Waals surface area contributed by atoms with Gasteiger partial charge in [-0.2, -0.15) is 8.42 Å². The molecule has 24 heavy (non-hydrogen) atoms. The van der Waals surface area contributed by atoms with E-state index in [9.17, 15) is 13.2 Å². The SMILES string of the molecule is COC(=O)CNCc1ccccc1.Cc1ccc(S(=O)(=O)O)cc1. The van der Waals surface area contributed by atoms with Crippen molar-refractivity contribution in [2.45, 2.75) is 18.4 Å². The number of ether oxygens (including phenoxy) is 1. The summed E-state index contributed by atoms with van der Waals surface area (Å²) in [5, 5.41) is 2.98. The lowest BCUT2D eigenvalue weighted by Crippen LogP contribution is -2.23. The van der Waals surface area contributed by atoms with Crippen LogP contribution in [-0.4, -0.2) is 32.6 Å². The van der Waals surface area contributed by atoms with Gasteiger partial charge in [-0.25, -0.2) is 0 Å². The molecule has 2 rings (SSSR count). The average Bonchev–Trinajstić information content (AvgIpc) is 2.56. The minimum Gasteiger partial charge on any atom is -0.468 e. The lowest BCUT2D eigenvalue weighted by Gasteiger charge is -2.02. The Labute approximate surface area is 142 Å². The fraction of sp³-hybridized carbons (Fsp3) is 0.235. The molecule has 7 heteroatoms. The Morgan fingerprint density at radius 3 is 2.17 bits per heavy atom. The number of carbonyl (C=O) groups is 1. The van der Waals surface area contributed by atoms with E-state index in [2.05, 4.69) is 10.1 Å². The summed E-state index contributed by atoms with van der Waals surface area (Å²) in [5.74, 6) is -0.240. The maximum absolute atomic E-state index is 10.7. The van der Waals surface area contributed by atoms with Crippen molar-refractivity contribution < 1.29 is 22.5 Å². The van der Waals surface area contributed by atoms with Crippen molar-refractivity contribution in [3.8, 4) is 0 Å². The van der Waals surface area contributed by atoms with Gasteiger partial charge in [0.05, 0.1) is 18.6 Å². The number of hydrogen-bond donors (Lipinski definition) is 2. The third kappa shape index (κ3) is 7.87. The number of hydrogen-bond acceptors (Lipinski definition) is 5. The number of rotatable bonds is 5. The van der Waals surface area contributed by atoms with Gasteiger partial charge in [0.2, 0.25) is 0 Å². The largest absolute Gasteiger partial charge is 0.468 e. The molecule has 0 spiro atoms. The highest BCUT2D eigenvalue weighted by Gasteiger charge is 2.06. The van der Waals surface area contributed by atoms with Crippen molar-refractivity contribution in [3.63, 3.8) is 0 Å². The second kappa shape index (κ2) is 9.82. The highest BCUT2D eigenvalue weighted by molar-refractivity contribution is 7.85. The summed E-state index contributed by atoms with van der Waals surface area (Å²) in [6.45, 7) is 2.79. The van der Waals surface area contributed by atoms with Gasteiger partial charge in [0, 0.05) is 6.54 Å². The second-order valence-electron chi connectivity index (χ2n) is 4.95. The molecule has 0 amide bonds. The van der Waals surface area contributed by atoms with Gasteiger partial charge >= 0.3 is 5.97 Å². The first-order chi connectivity index (χ1) is 11.3. The van der Waals surface area contributed by atoms with Gasteiger partial charge in [-0.15, -0.1) is 0 Å². The van der Waals surface area contributed by atoms with Crippen LogP contribution in [0.5, 0.6) is 0 Å². The van der Waals surface area contributed by atoms with Crippen molar-refractivity contribution in [1.82, 2.24) is 5.32 Å². The molecular formula is C17H21NO5S. The Hall–Kier alpha value is -2.22. The minimum absolute atomic E-state index is 0.0666. The fourth-order valence-electron chi connectivity index (χ4n) is 1.69. The van der Waals surface area contributed by atoms with Gasteiger partial charge in [0.25, 0.3) is 10.1 Å². The Balaban J connectivity index is 0.000000243. The van der Waals surface area contributed by atoms with Crippen molar-refractivity contribution in [2.24, 2.45) is 0 Å². The Kier molecular flexibility index (Phi) is 8.11. The Morgan fingerprint density at radius 1 is 1.08 bits per heavy atom. The molecule has 0 fully saturated rings. The highest BCUT2D eigenvalue weighted by atomic mass is 32.2. The molecule has 0 unspecified atom stereocenters. The third-order valence-corrected chi connectivity index (χ3v) is 3.86. The normalized spacial score (nSPS) is 10.5. The van der Waals surface area contributed by atoms with Crippen molar-refractivity contribution >= 4 is 16.1 Å². The molecule has 2 aromatic rings. The second-order valence-corrected chi connectivity index (χ2v) is 6.37. The summed E-state index contributed by atoms with van der Waals surface area (Å²) in [5.41, 5.74) is 2.11. The van der Waals surface area contributed by atoms with Crippen LogP contribution in [0.1, 0.15) is 11.1 Å². The van der Waals surface area contributed by atoms with E-state index in [1.165, 1.54) is 19.2 Å². The molecule has 0 heterocycles. The topological polar surface area (TPSA) is 92.7 Å². The van der Waals surface area contributed by atoms with E-state index in [-0.39, 0.29) is 17.4 Å². The molecule has 130 valence electrons. The molecule has 0 saturated heterocycles. The molecule has 0 bridgehead atoms. The number of methoxy groups -OCH3 is 1. The zero-order valence-electron chi connectivity index (χ0n) is 13.6. The van der Waals surface area contributed by atoms with Crippen LogP contribution < -0.4 is 5.32 Å².